The number of nitrogens with zero attached hydrogens (tertiary/aromatic N) is 5. The number of carbonyl (C=O) groups is 1. The molecule has 4 aromatic carbocycles. The van der Waals surface area contributed by atoms with Crippen molar-refractivity contribution >= 4 is 16.7 Å². The molecule has 0 saturated carbocycles. The van der Waals surface area contributed by atoms with Crippen LogP contribution >= 0.6 is 0 Å². The molecule has 1 aliphatic rings. The summed E-state index contributed by atoms with van der Waals surface area (Å²) in [6.07, 6.45) is 0.717. The molecular formula is C43H44N6O4. The molecule has 0 spiro atoms. The topological polar surface area (TPSA) is 102 Å². The molecule has 1 amide bonds. The number of para-hydroxylation sites is 1. The average molecular weight is 709 g/mol. The SMILES string of the molecule is CC[C@H](NC(=O)c1c(CN2CCN(C(c3ccccc3)c3nc(OC)cc(OC)n3)CC2)n(-c2ccccc2)c(=O)c2ccccc12)c1ccccc1. The summed E-state index contributed by atoms with van der Waals surface area (Å²) in [5, 5.41) is 4.48. The Morgan fingerprint density at radius 1 is 0.736 bits per heavy atom. The molecule has 270 valence electrons. The maximum atomic E-state index is 14.6. The Hall–Kier alpha value is -5.84. The van der Waals surface area contributed by atoms with Crippen LogP contribution in [0, 0.1) is 0 Å². The molecule has 3 heterocycles. The molecule has 1 unspecified atom stereocenters. The summed E-state index contributed by atoms with van der Waals surface area (Å²) >= 11 is 0. The normalized spacial score (nSPS) is 14.8. The first-order valence-electron chi connectivity index (χ1n) is 18.0. The van der Waals surface area contributed by atoms with E-state index in [1.165, 1.54) is 0 Å². The van der Waals surface area contributed by atoms with E-state index in [2.05, 4.69) is 34.2 Å². The number of fused-ring (bicyclic) bond motifs is 1. The number of ether oxygens (including phenoxy) is 2. The van der Waals surface area contributed by atoms with Crippen LogP contribution in [0.4, 0.5) is 0 Å². The van der Waals surface area contributed by atoms with Crippen LogP contribution in [-0.2, 0) is 6.54 Å². The lowest BCUT2D eigenvalue weighted by Crippen LogP contribution is -2.48. The van der Waals surface area contributed by atoms with Crippen LogP contribution in [0.2, 0.25) is 0 Å². The summed E-state index contributed by atoms with van der Waals surface area (Å²) in [4.78, 5) is 43.2. The van der Waals surface area contributed by atoms with E-state index in [-0.39, 0.29) is 23.6 Å². The first-order chi connectivity index (χ1) is 26.0. The second-order valence-electron chi connectivity index (χ2n) is 13.1. The van der Waals surface area contributed by atoms with Crippen LogP contribution in [-0.4, -0.2) is 70.6 Å². The number of nitrogens with one attached hydrogen (secondary N) is 1. The Morgan fingerprint density at radius 2 is 1.28 bits per heavy atom. The van der Waals surface area contributed by atoms with Crippen molar-refractivity contribution in [1.82, 2.24) is 29.7 Å². The summed E-state index contributed by atoms with van der Waals surface area (Å²) in [5.74, 6) is 1.26. The number of piperazine rings is 1. The Kier molecular flexibility index (Phi) is 10.9. The number of rotatable bonds is 12. The van der Waals surface area contributed by atoms with Crippen LogP contribution in [0.1, 0.15) is 58.4 Å². The second kappa shape index (κ2) is 16.2. The Balaban J connectivity index is 1.26. The smallest absolute Gasteiger partial charge is 0.263 e. The maximum absolute atomic E-state index is 14.6. The van der Waals surface area contributed by atoms with E-state index in [4.69, 9.17) is 19.4 Å². The van der Waals surface area contributed by atoms with Crippen LogP contribution in [0.3, 0.4) is 0 Å². The van der Waals surface area contributed by atoms with Crippen LogP contribution < -0.4 is 20.3 Å². The fraction of sp³-hybridized carbons (Fsp3) is 0.256. The number of hydrogen-bond donors (Lipinski definition) is 1. The minimum atomic E-state index is -0.240. The third-order valence-corrected chi connectivity index (χ3v) is 9.97. The molecular weight excluding hydrogens is 665 g/mol. The Morgan fingerprint density at radius 3 is 1.87 bits per heavy atom. The molecule has 7 rings (SSSR count). The first-order valence-corrected chi connectivity index (χ1v) is 18.0. The summed E-state index contributed by atoms with van der Waals surface area (Å²) in [6, 6.07) is 38.5. The third-order valence-electron chi connectivity index (χ3n) is 9.97. The molecule has 53 heavy (non-hydrogen) atoms. The van der Waals surface area contributed by atoms with E-state index in [9.17, 15) is 9.59 Å². The maximum Gasteiger partial charge on any atom is 0.263 e. The molecule has 10 nitrogen and oxygen atoms in total. The van der Waals surface area contributed by atoms with Crippen molar-refractivity contribution in [2.24, 2.45) is 0 Å². The molecule has 6 aromatic rings. The molecule has 10 heteroatoms. The molecule has 1 N–H and O–H groups in total. The zero-order chi connectivity index (χ0) is 36.7. The van der Waals surface area contributed by atoms with Crippen LogP contribution in [0.5, 0.6) is 11.8 Å². The minimum Gasteiger partial charge on any atom is -0.481 e. The van der Waals surface area contributed by atoms with Crippen LogP contribution in [0.15, 0.2) is 126 Å². The van der Waals surface area contributed by atoms with Gasteiger partial charge < -0.3 is 14.8 Å². The molecule has 2 atom stereocenters. The molecule has 0 aliphatic carbocycles. The molecule has 1 aliphatic heterocycles. The van der Waals surface area contributed by atoms with Crippen molar-refractivity contribution in [2.45, 2.75) is 32.0 Å². The van der Waals surface area contributed by atoms with Gasteiger partial charge in [0, 0.05) is 49.2 Å². The summed E-state index contributed by atoms with van der Waals surface area (Å²) in [5.41, 5.74) is 3.84. The van der Waals surface area contributed by atoms with Gasteiger partial charge in [-0.2, -0.15) is 9.97 Å². The van der Waals surface area contributed by atoms with E-state index < -0.39 is 0 Å². The lowest BCUT2D eigenvalue weighted by Gasteiger charge is -2.39. The Bertz CT molecular complexity index is 2200. The highest BCUT2D eigenvalue weighted by atomic mass is 16.5. The standard InChI is InChI=1S/C43H44N6O4/c1-4-35(30-16-8-5-9-17-30)44-42(50)39-33-22-14-15-23-34(33)43(51)49(32-20-12-7-13-21-32)36(39)29-47-24-26-48(27-25-47)40(31-18-10-6-11-19-31)41-45-37(52-2)28-38(46-41)53-3/h5-23,28,35,40H,4,24-27,29H2,1-3H3,(H,44,50)/t35-,40?/m0/s1. The zero-order valence-corrected chi connectivity index (χ0v) is 30.3. The van der Waals surface area contributed by atoms with Crippen molar-refractivity contribution < 1.29 is 14.3 Å². The Labute approximate surface area is 309 Å². The van der Waals surface area contributed by atoms with Gasteiger partial charge in [0.2, 0.25) is 11.8 Å². The van der Waals surface area contributed by atoms with Gasteiger partial charge in [0.1, 0.15) is 0 Å². The molecule has 0 bridgehead atoms. The van der Waals surface area contributed by atoms with E-state index in [1.807, 2.05) is 103 Å². The fourth-order valence-corrected chi connectivity index (χ4v) is 7.29. The van der Waals surface area contributed by atoms with Crippen molar-refractivity contribution in [3.8, 4) is 17.4 Å². The first kappa shape index (κ1) is 35.6. The summed E-state index contributed by atoms with van der Waals surface area (Å²) < 4.78 is 12.8. The van der Waals surface area contributed by atoms with Gasteiger partial charge in [0.15, 0.2) is 5.82 Å². The average Bonchev–Trinajstić information content (AvgIpc) is 3.21. The van der Waals surface area contributed by atoms with E-state index in [1.54, 1.807) is 24.9 Å². The molecule has 1 saturated heterocycles. The van der Waals surface area contributed by atoms with Crippen molar-refractivity contribution in [3.63, 3.8) is 0 Å². The summed E-state index contributed by atoms with van der Waals surface area (Å²) in [7, 11) is 3.17. The van der Waals surface area contributed by atoms with Gasteiger partial charge in [-0.3, -0.25) is 24.0 Å². The summed E-state index contributed by atoms with van der Waals surface area (Å²) in [6.45, 7) is 5.22. The molecule has 1 fully saturated rings. The van der Waals surface area contributed by atoms with E-state index in [0.29, 0.717) is 78.0 Å². The van der Waals surface area contributed by atoms with Gasteiger partial charge in [-0.25, -0.2) is 0 Å². The van der Waals surface area contributed by atoms with Gasteiger partial charge >= 0.3 is 0 Å². The predicted molar refractivity (Wildman–Crippen MR) is 207 cm³/mol. The van der Waals surface area contributed by atoms with E-state index >= 15 is 0 Å². The van der Waals surface area contributed by atoms with Gasteiger partial charge in [-0.05, 0) is 35.7 Å². The van der Waals surface area contributed by atoms with Gasteiger partial charge in [0.25, 0.3) is 11.5 Å². The van der Waals surface area contributed by atoms with Gasteiger partial charge in [-0.1, -0.05) is 104 Å². The van der Waals surface area contributed by atoms with Crippen molar-refractivity contribution in [1.29, 1.82) is 0 Å². The van der Waals surface area contributed by atoms with Gasteiger partial charge in [-0.15, -0.1) is 0 Å². The zero-order valence-electron chi connectivity index (χ0n) is 30.3. The lowest BCUT2D eigenvalue weighted by molar-refractivity contribution is 0.0919. The number of amides is 1. The van der Waals surface area contributed by atoms with Gasteiger partial charge in [0.05, 0.1) is 43.6 Å². The number of benzene rings is 4. The lowest BCUT2D eigenvalue weighted by atomic mass is 9.99. The van der Waals surface area contributed by atoms with Crippen molar-refractivity contribution in [2.75, 3.05) is 40.4 Å². The highest BCUT2D eigenvalue weighted by Gasteiger charge is 2.31. The van der Waals surface area contributed by atoms with E-state index in [0.717, 1.165) is 17.5 Å². The fourth-order valence-electron chi connectivity index (χ4n) is 7.29. The number of methoxy groups -OCH3 is 2. The number of carbonyl (C=O) groups excluding carboxylic acids is 1. The highest BCUT2D eigenvalue weighted by Crippen LogP contribution is 2.31. The largest absolute Gasteiger partial charge is 0.481 e. The number of pyridine rings is 1. The molecule has 2 aromatic heterocycles. The predicted octanol–water partition coefficient (Wildman–Crippen LogP) is 6.59. The quantitative estimate of drug-likeness (QED) is 0.152. The second-order valence-corrected chi connectivity index (χ2v) is 13.1. The molecule has 0 radical (unpaired) electrons. The highest BCUT2D eigenvalue weighted by molar-refractivity contribution is 6.08. The van der Waals surface area contributed by atoms with Crippen LogP contribution in [0.25, 0.3) is 16.5 Å². The minimum absolute atomic E-state index is 0.152. The number of aromatic nitrogens is 3. The monoisotopic (exact) mass is 708 g/mol. The van der Waals surface area contributed by atoms with Crippen molar-refractivity contribution in [3.05, 3.63) is 160 Å². The third kappa shape index (κ3) is 7.55. The number of hydrogen-bond acceptors (Lipinski definition) is 8.